The van der Waals surface area contributed by atoms with Crippen molar-refractivity contribution < 1.29 is 23.9 Å². The summed E-state index contributed by atoms with van der Waals surface area (Å²) in [6.45, 7) is 2.21. The summed E-state index contributed by atoms with van der Waals surface area (Å²) in [5.74, 6) is 0.171. The highest BCUT2D eigenvalue weighted by Gasteiger charge is 2.36. The second kappa shape index (κ2) is 10.5. The number of amides is 3. The van der Waals surface area contributed by atoms with Crippen LogP contribution in [-0.4, -0.2) is 42.2 Å². The lowest BCUT2D eigenvalue weighted by atomic mass is 10.2. The van der Waals surface area contributed by atoms with E-state index >= 15 is 0 Å². The van der Waals surface area contributed by atoms with Gasteiger partial charge in [0.1, 0.15) is 6.54 Å². The van der Waals surface area contributed by atoms with Gasteiger partial charge in [-0.25, -0.2) is 0 Å². The van der Waals surface area contributed by atoms with Crippen molar-refractivity contribution in [3.8, 4) is 11.5 Å². The molecule has 9 heteroatoms. The Morgan fingerprint density at radius 1 is 1.19 bits per heavy atom. The minimum Gasteiger partial charge on any atom is -0.493 e. The van der Waals surface area contributed by atoms with Gasteiger partial charge in [-0.2, -0.15) is 0 Å². The van der Waals surface area contributed by atoms with E-state index in [9.17, 15) is 14.4 Å². The predicted octanol–water partition coefficient (Wildman–Crippen LogP) is 4.92. The minimum atomic E-state index is -0.512. The molecule has 2 aromatic rings. The van der Waals surface area contributed by atoms with Crippen LogP contribution in [0.15, 0.2) is 51.8 Å². The monoisotopic (exact) mass is 504 g/mol. The van der Waals surface area contributed by atoms with Crippen LogP contribution in [0.4, 0.5) is 10.5 Å². The standard InChI is InChI=1S/C22H21BrN2O5S/c1-3-10-30-17-9-8-14(11-18(17)29-2)12-19-21(27)25(22(28)31-19)13-20(26)24-16-7-5-4-6-15(16)23/h4-9,11-12H,3,10,13H2,1-2H3,(H,24,26)/b19-12-. The molecule has 1 heterocycles. The summed E-state index contributed by atoms with van der Waals surface area (Å²) >= 11 is 4.14. The van der Waals surface area contributed by atoms with Crippen LogP contribution >= 0.6 is 27.7 Å². The van der Waals surface area contributed by atoms with E-state index < -0.39 is 17.1 Å². The summed E-state index contributed by atoms with van der Waals surface area (Å²) in [6.07, 6.45) is 2.47. The molecule has 1 N–H and O–H groups in total. The van der Waals surface area contributed by atoms with Crippen LogP contribution < -0.4 is 14.8 Å². The van der Waals surface area contributed by atoms with E-state index in [2.05, 4.69) is 21.2 Å². The molecule has 0 radical (unpaired) electrons. The van der Waals surface area contributed by atoms with Crippen LogP contribution in [0.2, 0.25) is 0 Å². The van der Waals surface area contributed by atoms with Crippen LogP contribution in [-0.2, 0) is 9.59 Å². The van der Waals surface area contributed by atoms with Crippen LogP contribution in [0.1, 0.15) is 18.9 Å². The van der Waals surface area contributed by atoms with E-state index in [0.717, 1.165) is 23.1 Å². The van der Waals surface area contributed by atoms with E-state index in [1.807, 2.05) is 13.0 Å². The number of hydrogen-bond acceptors (Lipinski definition) is 6. The summed E-state index contributed by atoms with van der Waals surface area (Å²) in [6, 6.07) is 12.4. The lowest BCUT2D eigenvalue weighted by Gasteiger charge is -2.13. The number of methoxy groups -OCH3 is 1. The molecule has 0 saturated carbocycles. The van der Waals surface area contributed by atoms with E-state index in [0.29, 0.717) is 33.8 Å². The van der Waals surface area contributed by atoms with Crippen molar-refractivity contribution in [3.05, 3.63) is 57.4 Å². The molecule has 0 aromatic heterocycles. The normalized spacial score (nSPS) is 14.8. The highest BCUT2D eigenvalue weighted by atomic mass is 79.9. The number of hydrogen-bond donors (Lipinski definition) is 1. The molecule has 0 unspecified atom stereocenters. The van der Waals surface area contributed by atoms with Gasteiger partial charge < -0.3 is 14.8 Å². The molecular formula is C22H21BrN2O5S. The molecule has 162 valence electrons. The molecular weight excluding hydrogens is 484 g/mol. The van der Waals surface area contributed by atoms with Crippen molar-refractivity contribution >= 4 is 56.5 Å². The summed E-state index contributed by atoms with van der Waals surface area (Å²) in [7, 11) is 1.54. The predicted molar refractivity (Wildman–Crippen MR) is 124 cm³/mol. The first kappa shape index (κ1) is 22.9. The summed E-state index contributed by atoms with van der Waals surface area (Å²) in [5.41, 5.74) is 1.25. The number of imide groups is 1. The second-order valence-electron chi connectivity index (χ2n) is 6.55. The zero-order valence-corrected chi connectivity index (χ0v) is 19.4. The van der Waals surface area contributed by atoms with Crippen molar-refractivity contribution in [3.63, 3.8) is 0 Å². The minimum absolute atomic E-state index is 0.239. The number of nitrogens with zero attached hydrogens (tertiary/aromatic N) is 1. The smallest absolute Gasteiger partial charge is 0.294 e. The molecule has 0 aliphatic carbocycles. The maximum Gasteiger partial charge on any atom is 0.294 e. The molecule has 1 aliphatic rings. The quantitative estimate of drug-likeness (QED) is 0.513. The first-order valence-electron chi connectivity index (χ1n) is 9.53. The molecule has 3 amide bonds. The number of anilines is 1. The van der Waals surface area contributed by atoms with Gasteiger partial charge in [-0.1, -0.05) is 25.1 Å². The van der Waals surface area contributed by atoms with Gasteiger partial charge in [-0.15, -0.1) is 0 Å². The number of benzene rings is 2. The summed E-state index contributed by atoms with van der Waals surface area (Å²) < 4.78 is 11.7. The molecule has 1 aliphatic heterocycles. The highest BCUT2D eigenvalue weighted by Crippen LogP contribution is 2.34. The maximum absolute atomic E-state index is 12.7. The average molecular weight is 505 g/mol. The third-order valence-electron chi connectivity index (χ3n) is 4.27. The van der Waals surface area contributed by atoms with E-state index in [-0.39, 0.29) is 11.4 Å². The second-order valence-corrected chi connectivity index (χ2v) is 8.40. The van der Waals surface area contributed by atoms with Crippen molar-refractivity contribution in [1.82, 2.24) is 4.90 Å². The van der Waals surface area contributed by atoms with Gasteiger partial charge in [0.25, 0.3) is 11.1 Å². The lowest BCUT2D eigenvalue weighted by molar-refractivity contribution is -0.127. The zero-order valence-electron chi connectivity index (χ0n) is 17.0. The summed E-state index contributed by atoms with van der Waals surface area (Å²) in [4.78, 5) is 38.6. The molecule has 0 atom stereocenters. The Bertz CT molecular complexity index is 1040. The van der Waals surface area contributed by atoms with Gasteiger partial charge in [-0.3, -0.25) is 19.3 Å². The number of halogens is 1. The van der Waals surface area contributed by atoms with Crippen molar-refractivity contribution in [2.24, 2.45) is 0 Å². The lowest BCUT2D eigenvalue weighted by Crippen LogP contribution is -2.36. The number of rotatable bonds is 8. The van der Waals surface area contributed by atoms with Gasteiger partial charge in [-0.05, 0) is 70.0 Å². The van der Waals surface area contributed by atoms with E-state index in [1.54, 1.807) is 42.5 Å². The number of nitrogens with one attached hydrogen (secondary N) is 1. The Balaban J connectivity index is 1.71. The van der Waals surface area contributed by atoms with Crippen molar-refractivity contribution in [2.75, 3.05) is 25.6 Å². The van der Waals surface area contributed by atoms with Gasteiger partial charge in [0.2, 0.25) is 5.91 Å². The Kier molecular flexibility index (Phi) is 7.75. The van der Waals surface area contributed by atoms with Crippen molar-refractivity contribution in [2.45, 2.75) is 13.3 Å². The number of carbonyl (C=O) groups is 3. The SMILES string of the molecule is CCCOc1ccc(/C=C2\SC(=O)N(CC(=O)Nc3ccccc3Br)C2=O)cc1OC. The molecule has 0 spiro atoms. The first-order valence-corrected chi connectivity index (χ1v) is 11.1. The Morgan fingerprint density at radius 2 is 1.97 bits per heavy atom. The number of para-hydroxylation sites is 1. The summed E-state index contributed by atoms with van der Waals surface area (Å²) in [5, 5.41) is 2.20. The van der Waals surface area contributed by atoms with Crippen LogP contribution in [0.3, 0.4) is 0 Å². The molecule has 2 aromatic carbocycles. The Morgan fingerprint density at radius 3 is 2.68 bits per heavy atom. The highest BCUT2D eigenvalue weighted by molar-refractivity contribution is 9.10. The van der Waals surface area contributed by atoms with Crippen LogP contribution in [0.5, 0.6) is 11.5 Å². The van der Waals surface area contributed by atoms with Crippen LogP contribution in [0, 0.1) is 0 Å². The van der Waals surface area contributed by atoms with Crippen molar-refractivity contribution in [1.29, 1.82) is 0 Å². The molecule has 1 saturated heterocycles. The van der Waals surface area contributed by atoms with Gasteiger partial charge in [0.05, 0.1) is 24.3 Å². The third-order valence-corrected chi connectivity index (χ3v) is 5.87. The number of carbonyl (C=O) groups excluding carboxylic acids is 3. The molecule has 31 heavy (non-hydrogen) atoms. The Hall–Kier alpha value is -2.78. The van der Waals surface area contributed by atoms with Crippen LogP contribution in [0.25, 0.3) is 6.08 Å². The van der Waals surface area contributed by atoms with E-state index in [1.165, 1.54) is 7.11 Å². The molecule has 1 fully saturated rings. The van der Waals surface area contributed by atoms with Gasteiger partial charge >= 0.3 is 0 Å². The molecule has 0 bridgehead atoms. The van der Waals surface area contributed by atoms with E-state index in [4.69, 9.17) is 9.47 Å². The number of ether oxygens (including phenoxy) is 2. The average Bonchev–Trinajstić information content (AvgIpc) is 3.01. The number of thioether (sulfide) groups is 1. The topological polar surface area (TPSA) is 84.9 Å². The molecule has 3 rings (SSSR count). The largest absolute Gasteiger partial charge is 0.493 e. The molecule has 7 nitrogen and oxygen atoms in total. The maximum atomic E-state index is 12.7. The Labute approximate surface area is 192 Å². The van der Waals surface area contributed by atoms with Gasteiger partial charge in [0, 0.05) is 4.47 Å². The van der Waals surface area contributed by atoms with Gasteiger partial charge in [0.15, 0.2) is 11.5 Å². The third kappa shape index (κ3) is 5.68. The fourth-order valence-corrected chi connectivity index (χ4v) is 4.01. The fourth-order valence-electron chi connectivity index (χ4n) is 2.79. The fraction of sp³-hybridized carbons (Fsp3) is 0.227. The first-order chi connectivity index (χ1) is 14.9. The zero-order chi connectivity index (χ0) is 22.4.